The van der Waals surface area contributed by atoms with Crippen molar-refractivity contribution in [2.24, 2.45) is 11.7 Å². The highest BCUT2D eigenvalue weighted by atomic mass is 32.1. The van der Waals surface area contributed by atoms with Crippen LogP contribution >= 0.6 is 12.2 Å². The number of hydrogen-bond donors (Lipinski definition) is 2. The van der Waals surface area contributed by atoms with Gasteiger partial charge in [0.05, 0.1) is 0 Å². The Morgan fingerprint density at radius 1 is 1.40 bits per heavy atom. The van der Waals surface area contributed by atoms with E-state index in [0.717, 1.165) is 18.0 Å². The Kier molecular flexibility index (Phi) is 4.56. The van der Waals surface area contributed by atoms with Gasteiger partial charge in [0, 0.05) is 5.69 Å². The molecule has 15 heavy (non-hydrogen) atoms. The summed E-state index contributed by atoms with van der Waals surface area (Å²) >= 11 is 4.77. The SMILES string of the molecule is CCC(C)Cc1ccc(NC(N)=S)cc1. The molecular formula is C12H18N2S. The first-order chi connectivity index (χ1) is 7.11. The van der Waals surface area contributed by atoms with E-state index in [4.69, 9.17) is 18.0 Å². The number of nitrogens with one attached hydrogen (secondary N) is 1. The van der Waals surface area contributed by atoms with Gasteiger partial charge in [0.1, 0.15) is 0 Å². The van der Waals surface area contributed by atoms with Crippen molar-refractivity contribution in [3.8, 4) is 0 Å². The molecule has 1 aromatic carbocycles. The number of hydrogen-bond acceptors (Lipinski definition) is 1. The van der Waals surface area contributed by atoms with Gasteiger partial charge in [-0.15, -0.1) is 0 Å². The lowest BCUT2D eigenvalue weighted by Crippen LogP contribution is -2.18. The molecule has 0 saturated heterocycles. The highest BCUT2D eigenvalue weighted by molar-refractivity contribution is 7.80. The Hall–Kier alpha value is -1.09. The highest BCUT2D eigenvalue weighted by Crippen LogP contribution is 2.14. The van der Waals surface area contributed by atoms with Gasteiger partial charge in [-0.2, -0.15) is 0 Å². The van der Waals surface area contributed by atoms with Crippen LogP contribution in [0, 0.1) is 5.92 Å². The molecule has 2 nitrogen and oxygen atoms in total. The number of nitrogens with two attached hydrogens (primary N) is 1. The summed E-state index contributed by atoms with van der Waals surface area (Å²) in [6.45, 7) is 4.48. The third-order valence-electron chi connectivity index (χ3n) is 2.50. The summed E-state index contributed by atoms with van der Waals surface area (Å²) in [5, 5.41) is 3.22. The quantitative estimate of drug-likeness (QED) is 0.769. The van der Waals surface area contributed by atoms with Crippen LogP contribution in [0.15, 0.2) is 24.3 Å². The standard InChI is InChI=1S/C12H18N2S/c1-3-9(2)8-10-4-6-11(7-5-10)14-12(13)15/h4-7,9H,3,8H2,1-2H3,(H3,13,14,15). The van der Waals surface area contributed by atoms with Crippen LogP contribution in [0.5, 0.6) is 0 Å². The van der Waals surface area contributed by atoms with Gasteiger partial charge in [-0.1, -0.05) is 32.4 Å². The van der Waals surface area contributed by atoms with Gasteiger partial charge in [0.2, 0.25) is 0 Å². The molecule has 0 aromatic heterocycles. The summed E-state index contributed by atoms with van der Waals surface area (Å²) in [6.07, 6.45) is 2.34. The van der Waals surface area contributed by atoms with E-state index in [1.807, 2.05) is 12.1 Å². The number of anilines is 1. The molecule has 0 saturated carbocycles. The fourth-order valence-corrected chi connectivity index (χ4v) is 1.53. The van der Waals surface area contributed by atoms with Crippen LogP contribution in [0.4, 0.5) is 5.69 Å². The van der Waals surface area contributed by atoms with Crippen LogP contribution in [0.25, 0.3) is 0 Å². The Labute approximate surface area is 96.9 Å². The van der Waals surface area contributed by atoms with Crippen molar-refractivity contribution >= 4 is 23.0 Å². The van der Waals surface area contributed by atoms with Crippen molar-refractivity contribution in [2.45, 2.75) is 26.7 Å². The molecular weight excluding hydrogens is 204 g/mol. The van der Waals surface area contributed by atoms with Crippen molar-refractivity contribution in [1.82, 2.24) is 0 Å². The van der Waals surface area contributed by atoms with Crippen LogP contribution in [-0.4, -0.2) is 5.11 Å². The molecule has 1 unspecified atom stereocenters. The molecule has 0 bridgehead atoms. The smallest absolute Gasteiger partial charge is 0.168 e. The van der Waals surface area contributed by atoms with Gasteiger partial charge in [-0.05, 0) is 42.3 Å². The molecule has 1 rings (SSSR count). The van der Waals surface area contributed by atoms with E-state index in [2.05, 4.69) is 31.3 Å². The third-order valence-corrected chi connectivity index (χ3v) is 2.60. The first-order valence-corrected chi connectivity index (χ1v) is 5.68. The normalized spacial score (nSPS) is 12.1. The third kappa shape index (κ3) is 4.30. The second-order valence-corrected chi connectivity index (χ2v) is 4.34. The molecule has 0 amide bonds. The van der Waals surface area contributed by atoms with Crippen LogP contribution < -0.4 is 11.1 Å². The molecule has 0 fully saturated rings. The van der Waals surface area contributed by atoms with Gasteiger partial charge in [-0.25, -0.2) is 0 Å². The number of rotatable bonds is 4. The minimum atomic E-state index is 0.310. The van der Waals surface area contributed by atoms with Crippen LogP contribution in [0.3, 0.4) is 0 Å². The monoisotopic (exact) mass is 222 g/mol. The van der Waals surface area contributed by atoms with E-state index in [0.29, 0.717) is 5.11 Å². The lowest BCUT2D eigenvalue weighted by molar-refractivity contribution is 0.560. The van der Waals surface area contributed by atoms with E-state index < -0.39 is 0 Å². The van der Waals surface area contributed by atoms with Crippen molar-refractivity contribution in [3.63, 3.8) is 0 Å². The van der Waals surface area contributed by atoms with Crippen LogP contribution in [-0.2, 0) is 6.42 Å². The molecule has 3 heteroatoms. The van der Waals surface area contributed by atoms with Gasteiger partial charge in [0.15, 0.2) is 5.11 Å². The van der Waals surface area contributed by atoms with Crippen LogP contribution in [0.1, 0.15) is 25.8 Å². The summed E-state index contributed by atoms with van der Waals surface area (Å²) in [4.78, 5) is 0. The number of benzene rings is 1. The summed E-state index contributed by atoms with van der Waals surface area (Å²) in [7, 11) is 0. The largest absolute Gasteiger partial charge is 0.376 e. The lowest BCUT2D eigenvalue weighted by atomic mass is 9.99. The van der Waals surface area contributed by atoms with E-state index in [9.17, 15) is 0 Å². The summed E-state index contributed by atoms with van der Waals surface area (Å²) in [5.41, 5.74) is 7.70. The molecule has 82 valence electrons. The first kappa shape index (κ1) is 12.0. The summed E-state index contributed by atoms with van der Waals surface area (Å²) in [6, 6.07) is 8.26. The number of thiocarbonyl (C=S) groups is 1. The molecule has 0 aliphatic carbocycles. The minimum absolute atomic E-state index is 0.310. The van der Waals surface area contributed by atoms with Crippen molar-refractivity contribution in [3.05, 3.63) is 29.8 Å². The lowest BCUT2D eigenvalue weighted by Gasteiger charge is -2.09. The Morgan fingerprint density at radius 2 is 2.00 bits per heavy atom. The van der Waals surface area contributed by atoms with Gasteiger partial charge < -0.3 is 11.1 Å². The average Bonchev–Trinajstić information content (AvgIpc) is 2.20. The first-order valence-electron chi connectivity index (χ1n) is 5.27. The van der Waals surface area contributed by atoms with E-state index in [-0.39, 0.29) is 0 Å². The Bertz CT molecular complexity index is 319. The zero-order valence-electron chi connectivity index (χ0n) is 9.29. The predicted molar refractivity (Wildman–Crippen MR) is 70.0 cm³/mol. The molecule has 3 N–H and O–H groups in total. The van der Waals surface area contributed by atoms with Crippen molar-refractivity contribution in [1.29, 1.82) is 0 Å². The molecule has 0 radical (unpaired) electrons. The molecule has 1 atom stereocenters. The average molecular weight is 222 g/mol. The zero-order valence-corrected chi connectivity index (χ0v) is 10.1. The van der Waals surface area contributed by atoms with E-state index in [1.54, 1.807) is 0 Å². The maximum absolute atomic E-state index is 5.39. The van der Waals surface area contributed by atoms with E-state index >= 15 is 0 Å². The van der Waals surface area contributed by atoms with Gasteiger partial charge in [0.25, 0.3) is 0 Å². The molecule has 0 spiro atoms. The summed E-state index contributed by atoms with van der Waals surface area (Å²) in [5.74, 6) is 0.736. The highest BCUT2D eigenvalue weighted by Gasteiger charge is 2.01. The van der Waals surface area contributed by atoms with E-state index in [1.165, 1.54) is 12.0 Å². The molecule has 0 aliphatic rings. The second kappa shape index (κ2) is 5.71. The van der Waals surface area contributed by atoms with Crippen LogP contribution in [0.2, 0.25) is 0 Å². The Morgan fingerprint density at radius 3 is 2.47 bits per heavy atom. The topological polar surface area (TPSA) is 38.0 Å². The van der Waals surface area contributed by atoms with Crippen molar-refractivity contribution in [2.75, 3.05) is 5.32 Å². The molecule has 1 aromatic rings. The fraction of sp³-hybridized carbons (Fsp3) is 0.417. The minimum Gasteiger partial charge on any atom is -0.376 e. The molecule has 0 aliphatic heterocycles. The maximum Gasteiger partial charge on any atom is 0.168 e. The fourth-order valence-electron chi connectivity index (χ4n) is 1.41. The Balaban J connectivity index is 2.60. The van der Waals surface area contributed by atoms with Gasteiger partial charge in [-0.3, -0.25) is 0 Å². The summed E-state index contributed by atoms with van der Waals surface area (Å²) < 4.78 is 0. The van der Waals surface area contributed by atoms with Crippen molar-refractivity contribution < 1.29 is 0 Å². The zero-order chi connectivity index (χ0) is 11.3. The predicted octanol–water partition coefficient (Wildman–Crippen LogP) is 2.93. The second-order valence-electron chi connectivity index (χ2n) is 3.90. The maximum atomic E-state index is 5.39. The molecule has 0 heterocycles. The van der Waals surface area contributed by atoms with Gasteiger partial charge >= 0.3 is 0 Å².